The molecule has 2 aromatic heterocycles. The molecule has 9 aromatic rings. The number of esters is 1. The number of carboxylic acid groups (broad SMARTS) is 1. The van der Waals surface area contributed by atoms with Crippen molar-refractivity contribution < 1.29 is 70.6 Å². The quantitative estimate of drug-likeness (QED) is 0.0390. The normalized spacial score (nSPS) is 18.7. The minimum Gasteiger partial charge on any atom is -0.493 e. The summed E-state index contributed by atoms with van der Waals surface area (Å²) >= 11 is 0. The van der Waals surface area contributed by atoms with E-state index in [0.29, 0.717) is 86.3 Å². The van der Waals surface area contributed by atoms with Crippen LogP contribution < -0.4 is 34.2 Å². The first-order valence-corrected chi connectivity index (χ1v) is 28.5. The minimum atomic E-state index is -1.27. The molecule has 0 saturated heterocycles. The van der Waals surface area contributed by atoms with Crippen molar-refractivity contribution in [1.29, 1.82) is 0 Å². The third kappa shape index (κ3) is 13.4. The molecule has 7 aromatic carbocycles. The van der Waals surface area contributed by atoms with Gasteiger partial charge in [0.1, 0.15) is 30.5 Å². The Labute approximate surface area is 507 Å². The van der Waals surface area contributed by atoms with Gasteiger partial charge in [0.25, 0.3) is 0 Å². The van der Waals surface area contributed by atoms with Gasteiger partial charge in [0.2, 0.25) is 0 Å². The highest BCUT2D eigenvalue weighted by Crippen LogP contribution is 2.61. The Balaban J connectivity index is 0.000000185. The summed E-state index contributed by atoms with van der Waals surface area (Å²) in [7, 11) is 3.10. The van der Waals surface area contributed by atoms with Gasteiger partial charge in [-0.2, -0.15) is 0 Å². The molecule has 0 unspecified atom stereocenters. The third-order valence-corrected chi connectivity index (χ3v) is 16.5. The fourth-order valence-corrected chi connectivity index (χ4v) is 11.1. The molecule has 18 heteroatoms. The largest absolute Gasteiger partial charge is 0.493 e. The molecule has 2 fully saturated rings. The molecule has 88 heavy (non-hydrogen) atoms. The molecule has 4 atom stereocenters. The smallest absolute Gasteiger partial charge is 0.324 e. The van der Waals surface area contributed by atoms with E-state index >= 15 is 4.39 Å². The van der Waals surface area contributed by atoms with Crippen molar-refractivity contribution in [3.63, 3.8) is 0 Å². The maximum atomic E-state index is 15.4. The number of Topliss-reactive ketones (excluding diaryl/α,β-unsaturated/α-hetero) is 2. The number of carboxylic acids is 1. The van der Waals surface area contributed by atoms with Crippen LogP contribution in [-0.2, 0) is 50.0 Å². The number of aliphatic carboxylic acids is 1. The van der Waals surface area contributed by atoms with Crippen LogP contribution in [0, 0.1) is 52.0 Å². The number of fused-ring (bicyclic) bond motifs is 2. The van der Waals surface area contributed by atoms with Crippen LogP contribution in [-0.4, -0.2) is 59.4 Å². The highest BCUT2D eigenvalue weighted by atomic mass is 19.1. The van der Waals surface area contributed by atoms with Crippen molar-refractivity contribution in [2.75, 3.05) is 26.6 Å². The number of carbonyl (C=O) groups excluding carboxylic acids is 3. The van der Waals surface area contributed by atoms with Crippen LogP contribution in [0.4, 0.5) is 18.9 Å². The predicted octanol–water partition coefficient (Wildman–Crippen LogP) is 14.3. The number of ketones is 2. The summed E-state index contributed by atoms with van der Waals surface area (Å²) in [5.41, 5.74) is 7.87. The van der Waals surface area contributed by atoms with Crippen LogP contribution in [0.5, 0.6) is 46.0 Å². The molecule has 0 amide bonds. The van der Waals surface area contributed by atoms with Crippen molar-refractivity contribution in [2.24, 2.45) is 34.5 Å². The fourth-order valence-electron chi connectivity index (χ4n) is 11.1. The second-order valence-electron chi connectivity index (χ2n) is 21.6. The van der Waals surface area contributed by atoms with Crippen LogP contribution in [0.25, 0.3) is 21.8 Å². The maximum Gasteiger partial charge on any atom is 0.324 e. The molecular formula is C70H66F3N3O12. The van der Waals surface area contributed by atoms with Gasteiger partial charge >= 0.3 is 11.9 Å². The summed E-state index contributed by atoms with van der Waals surface area (Å²) in [5.74, 6) is -1.24. The third-order valence-electron chi connectivity index (χ3n) is 16.5. The van der Waals surface area contributed by atoms with Gasteiger partial charge in [-0.25, -0.2) is 13.2 Å². The lowest BCUT2D eigenvalue weighted by Gasteiger charge is -2.16. The number of benzene rings is 7. The Bertz CT molecular complexity index is 3990. The second-order valence-corrected chi connectivity index (χ2v) is 21.6. The molecule has 11 rings (SSSR count). The fraction of sp³-hybridized carbons (Fsp3) is 0.257. The molecule has 2 aliphatic carbocycles. The van der Waals surface area contributed by atoms with E-state index in [4.69, 9.17) is 44.0 Å². The first-order chi connectivity index (χ1) is 42.3. The molecule has 2 saturated carbocycles. The number of rotatable bonds is 21. The average molecular weight is 1200 g/mol. The number of pyridine rings is 2. The number of hydrogen-bond donors (Lipinski definition) is 2. The van der Waals surface area contributed by atoms with Crippen molar-refractivity contribution in [3.8, 4) is 46.0 Å². The van der Waals surface area contributed by atoms with Gasteiger partial charge < -0.3 is 44.0 Å². The molecule has 0 bridgehead atoms. The number of hydrogen-bond acceptors (Lipinski definition) is 14. The number of halogens is 3. The summed E-state index contributed by atoms with van der Waals surface area (Å²) in [5, 5.41) is 10.2. The molecular weight excluding hydrogens is 1130 g/mol. The number of nitrogen functional groups attached to an aromatic ring is 1. The summed E-state index contributed by atoms with van der Waals surface area (Å²) in [6, 6.07) is 44.3. The molecule has 0 spiro atoms. The van der Waals surface area contributed by atoms with Crippen molar-refractivity contribution in [2.45, 2.75) is 60.7 Å². The number of carbonyl (C=O) groups is 4. The van der Waals surface area contributed by atoms with E-state index in [9.17, 15) is 28.0 Å². The summed E-state index contributed by atoms with van der Waals surface area (Å²) in [4.78, 5) is 58.1. The van der Waals surface area contributed by atoms with Gasteiger partial charge in [-0.05, 0) is 114 Å². The number of methoxy groups -OCH3 is 2. The lowest BCUT2D eigenvalue weighted by atomic mass is 9.84. The Morgan fingerprint density at radius 1 is 0.500 bits per heavy atom. The molecule has 454 valence electrons. The lowest BCUT2D eigenvalue weighted by molar-refractivity contribution is -0.162. The predicted molar refractivity (Wildman–Crippen MR) is 325 cm³/mol. The van der Waals surface area contributed by atoms with Gasteiger partial charge in [-0.3, -0.25) is 29.1 Å². The molecule has 2 aliphatic rings. The summed E-state index contributed by atoms with van der Waals surface area (Å²) in [6.45, 7) is 9.93. The van der Waals surface area contributed by atoms with Crippen LogP contribution in [0.15, 0.2) is 170 Å². The number of nitrogens with zero attached hydrogens (tertiary/aromatic N) is 2. The Kier molecular flexibility index (Phi) is 19.3. The van der Waals surface area contributed by atoms with E-state index in [1.54, 1.807) is 101 Å². The van der Waals surface area contributed by atoms with E-state index < -0.39 is 34.4 Å². The minimum absolute atomic E-state index is 0.0256. The van der Waals surface area contributed by atoms with Crippen molar-refractivity contribution in [1.82, 2.24) is 9.97 Å². The lowest BCUT2D eigenvalue weighted by Crippen LogP contribution is -2.32. The molecule has 0 radical (unpaired) electrons. The van der Waals surface area contributed by atoms with Gasteiger partial charge in [0, 0.05) is 59.9 Å². The van der Waals surface area contributed by atoms with E-state index in [0.717, 1.165) is 11.1 Å². The van der Waals surface area contributed by atoms with Crippen LogP contribution >= 0.6 is 0 Å². The Morgan fingerprint density at radius 2 is 0.943 bits per heavy atom. The average Bonchev–Trinajstić information content (AvgIpc) is 1.57. The highest BCUT2D eigenvalue weighted by molar-refractivity contribution is 6.12. The molecule has 3 N–H and O–H groups in total. The van der Waals surface area contributed by atoms with E-state index in [1.165, 1.54) is 43.5 Å². The van der Waals surface area contributed by atoms with Gasteiger partial charge in [-0.15, -0.1) is 0 Å². The molecule has 2 heterocycles. The number of nitrogens with two attached hydrogens (primary N) is 1. The van der Waals surface area contributed by atoms with Crippen molar-refractivity contribution in [3.05, 3.63) is 210 Å². The summed E-state index contributed by atoms with van der Waals surface area (Å²) < 4.78 is 82.4. The maximum absolute atomic E-state index is 15.4. The highest BCUT2D eigenvalue weighted by Gasteiger charge is 2.72. The SMILES string of the molecule is CCOC(=O)C1(C(=O)O)[C@H](C)[C@H]1C.COc1cc2c(Oc3ccc(CC(=O)C4(C(=O)Cc5ccc(F)cc5)[C@H](C)[C@H]4C)cc3F)ccnc2cc1OCc1ccccc1.COc1cc2c(Oc3ccc(N)cc3F)ccnc2cc1OCc1ccccc1. The standard InChI is InChI=1S/C38H33F2NO5.C23H19FN2O3.C9H14O4/c1-23-24(2)38(23,36(42)18-25-9-12-28(39)13-10-25)37(43)19-27-11-14-33(30(40)17-27)46-32-15-16-41-31-21-35(34(44-3)20-29(31)32)45-22-26-7-5-4-6-8-26;1-27-22-12-17-19(13-23(22)28-14-15-5-3-2-4-6-15)26-10-9-20(17)29-21-8-7-16(25)11-18(21)24;1-4-13-8(12)9(7(10)11)5(2)6(9)3/h4-17,20-21,23-24H,18-19,22H2,1-3H3;2-13H,14,25H2,1H3;5-6H,4H2,1-3H3,(H,10,11)/t23-,24-;;5-,6-/m1.1/s1. The van der Waals surface area contributed by atoms with Gasteiger partial charge in [-0.1, -0.05) is 107 Å². The molecule has 15 nitrogen and oxygen atoms in total. The van der Waals surface area contributed by atoms with Crippen LogP contribution in [0.2, 0.25) is 0 Å². The van der Waals surface area contributed by atoms with E-state index in [-0.39, 0.29) is 72.0 Å². The van der Waals surface area contributed by atoms with E-state index in [1.807, 2.05) is 74.5 Å². The van der Waals surface area contributed by atoms with Crippen LogP contribution in [0.1, 0.15) is 56.9 Å². The van der Waals surface area contributed by atoms with Crippen LogP contribution in [0.3, 0.4) is 0 Å². The number of ether oxygens (including phenoxy) is 7. The zero-order chi connectivity index (χ0) is 62.9. The monoisotopic (exact) mass is 1200 g/mol. The van der Waals surface area contributed by atoms with Crippen molar-refractivity contribution >= 4 is 51.0 Å². The first kappa shape index (κ1) is 62.6. The second kappa shape index (κ2) is 27.2. The Hall–Kier alpha value is -9.97. The number of anilines is 1. The van der Waals surface area contributed by atoms with Gasteiger partial charge in [0.15, 0.2) is 63.1 Å². The van der Waals surface area contributed by atoms with Gasteiger partial charge in [0.05, 0.1) is 37.3 Å². The first-order valence-electron chi connectivity index (χ1n) is 28.5. The topological polar surface area (TPSA) is 205 Å². The molecule has 0 aliphatic heterocycles. The Morgan fingerprint density at radius 3 is 1.36 bits per heavy atom. The zero-order valence-electron chi connectivity index (χ0n) is 49.6. The zero-order valence-corrected chi connectivity index (χ0v) is 49.6. The summed E-state index contributed by atoms with van der Waals surface area (Å²) in [6.07, 6.45) is 3.10. The number of aromatic nitrogens is 2. The van der Waals surface area contributed by atoms with E-state index in [2.05, 4.69) is 9.97 Å².